The number of ether oxygens (including phenoxy) is 1. The predicted molar refractivity (Wildman–Crippen MR) is 70.7 cm³/mol. The molecule has 96 valence electrons. The fourth-order valence-corrected chi connectivity index (χ4v) is 1.91. The van der Waals surface area contributed by atoms with Gasteiger partial charge in [0, 0.05) is 11.6 Å². The zero-order valence-corrected chi connectivity index (χ0v) is 11.4. The van der Waals surface area contributed by atoms with Crippen molar-refractivity contribution in [2.45, 2.75) is 45.6 Å². The molecule has 3 N–H and O–H groups in total. The molecule has 0 saturated heterocycles. The molecule has 3 nitrogen and oxygen atoms in total. The highest BCUT2D eigenvalue weighted by molar-refractivity contribution is 5.48. The molecular weight excluding hydrogens is 214 g/mol. The van der Waals surface area contributed by atoms with Gasteiger partial charge in [0.15, 0.2) is 0 Å². The quantitative estimate of drug-likeness (QED) is 0.849. The Balaban J connectivity index is 3.25. The predicted octanol–water partition coefficient (Wildman–Crippen LogP) is 2.59. The topological polar surface area (TPSA) is 55.5 Å². The summed E-state index contributed by atoms with van der Waals surface area (Å²) in [5.41, 5.74) is 7.52. The van der Waals surface area contributed by atoms with Gasteiger partial charge in [-0.05, 0) is 36.5 Å². The average molecular weight is 237 g/mol. The van der Waals surface area contributed by atoms with E-state index in [4.69, 9.17) is 10.5 Å². The van der Waals surface area contributed by atoms with Gasteiger partial charge in [0.1, 0.15) is 11.5 Å². The molecule has 0 aliphatic heterocycles. The fourth-order valence-electron chi connectivity index (χ4n) is 1.91. The molecule has 0 bridgehead atoms. The van der Waals surface area contributed by atoms with Crippen LogP contribution in [0.3, 0.4) is 0 Å². The summed E-state index contributed by atoms with van der Waals surface area (Å²) in [6.45, 7) is 8.13. The van der Waals surface area contributed by atoms with E-state index in [1.165, 1.54) is 0 Å². The number of phenolic OH excluding ortho intramolecular Hbond substituents is 1. The molecular formula is C14H23NO2. The van der Waals surface area contributed by atoms with Crippen molar-refractivity contribution in [3.05, 3.63) is 23.3 Å². The lowest BCUT2D eigenvalue weighted by Gasteiger charge is -2.23. The van der Waals surface area contributed by atoms with Gasteiger partial charge in [0.2, 0.25) is 0 Å². The van der Waals surface area contributed by atoms with Crippen LogP contribution in [0.15, 0.2) is 12.1 Å². The molecule has 0 aliphatic carbocycles. The molecule has 0 spiro atoms. The summed E-state index contributed by atoms with van der Waals surface area (Å²) >= 11 is 0. The fraction of sp³-hybridized carbons (Fsp3) is 0.571. The molecule has 0 fully saturated rings. The minimum Gasteiger partial charge on any atom is -0.508 e. The average Bonchev–Trinajstić information content (AvgIpc) is 2.14. The Hall–Kier alpha value is -1.22. The highest BCUT2D eigenvalue weighted by Crippen LogP contribution is 2.36. The van der Waals surface area contributed by atoms with Crippen LogP contribution in [-0.4, -0.2) is 18.3 Å². The van der Waals surface area contributed by atoms with Gasteiger partial charge in [0.05, 0.1) is 7.11 Å². The third-order valence-electron chi connectivity index (χ3n) is 2.75. The van der Waals surface area contributed by atoms with Crippen LogP contribution < -0.4 is 10.5 Å². The number of phenols is 1. The molecule has 0 heterocycles. The molecule has 0 amide bonds. The Bertz CT molecular complexity index is 392. The number of aromatic hydroxyl groups is 1. The maximum atomic E-state index is 10.1. The summed E-state index contributed by atoms with van der Waals surface area (Å²) in [4.78, 5) is 0. The van der Waals surface area contributed by atoms with E-state index in [2.05, 4.69) is 20.8 Å². The SMILES string of the molecule is COc1cc(C(C)(C)C)c(O)cc1CC(C)N. The summed E-state index contributed by atoms with van der Waals surface area (Å²) in [7, 11) is 1.64. The molecule has 1 atom stereocenters. The molecule has 1 unspecified atom stereocenters. The monoisotopic (exact) mass is 237 g/mol. The van der Waals surface area contributed by atoms with Crippen LogP contribution in [0.25, 0.3) is 0 Å². The zero-order valence-electron chi connectivity index (χ0n) is 11.4. The molecule has 0 saturated carbocycles. The van der Waals surface area contributed by atoms with E-state index in [1.54, 1.807) is 13.2 Å². The Kier molecular flexibility index (Phi) is 4.04. The first kappa shape index (κ1) is 13.8. The first-order chi connectivity index (χ1) is 7.75. The molecule has 1 aromatic rings. The molecule has 17 heavy (non-hydrogen) atoms. The van der Waals surface area contributed by atoms with Crippen LogP contribution >= 0.6 is 0 Å². The lowest BCUT2D eigenvalue weighted by Crippen LogP contribution is -2.19. The largest absolute Gasteiger partial charge is 0.508 e. The standard InChI is InChI=1S/C14H23NO2/c1-9(15)6-10-7-12(16)11(14(2,3)4)8-13(10)17-5/h7-9,16H,6,15H2,1-5H3. The van der Waals surface area contributed by atoms with Crippen molar-refractivity contribution in [3.8, 4) is 11.5 Å². The van der Waals surface area contributed by atoms with Crippen molar-refractivity contribution < 1.29 is 9.84 Å². The second kappa shape index (κ2) is 4.96. The first-order valence-corrected chi connectivity index (χ1v) is 5.91. The number of benzene rings is 1. The van der Waals surface area contributed by atoms with E-state index < -0.39 is 0 Å². The van der Waals surface area contributed by atoms with Gasteiger partial charge in [-0.15, -0.1) is 0 Å². The number of hydrogen-bond donors (Lipinski definition) is 2. The van der Waals surface area contributed by atoms with Gasteiger partial charge >= 0.3 is 0 Å². The third-order valence-corrected chi connectivity index (χ3v) is 2.75. The van der Waals surface area contributed by atoms with Crippen LogP contribution in [0.5, 0.6) is 11.5 Å². The Morgan fingerprint density at radius 3 is 2.35 bits per heavy atom. The Labute approximate surface area is 104 Å². The number of rotatable bonds is 3. The summed E-state index contributed by atoms with van der Waals surface area (Å²) in [6.07, 6.45) is 0.696. The molecule has 1 rings (SSSR count). The maximum absolute atomic E-state index is 10.1. The molecule has 0 aliphatic rings. The highest BCUT2D eigenvalue weighted by atomic mass is 16.5. The Morgan fingerprint density at radius 2 is 1.94 bits per heavy atom. The lowest BCUT2D eigenvalue weighted by molar-refractivity contribution is 0.399. The van der Waals surface area contributed by atoms with Crippen molar-refractivity contribution in [3.63, 3.8) is 0 Å². The summed E-state index contributed by atoms with van der Waals surface area (Å²) < 4.78 is 5.37. The zero-order chi connectivity index (χ0) is 13.2. The Morgan fingerprint density at radius 1 is 1.35 bits per heavy atom. The van der Waals surface area contributed by atoms with Gasteiger partial charge in [-0.1, -0.05) is 20.8 Å². The van der Waals surface area contributed by atoms with Gasteiger partial charge < -0.3 is 15.6 Å². The van der Waals surface area contributed by atoms with E-state index in [-0.39, 0.29) is 11.5 Å². The first-order valence-electron chi connectivity index (χ1n) is 5.91. The molecule has 0 aromatic heterocycles. The van der Waals surface area contributed by atoms with Crippen molar-refractivity contribution in [1.29, 1.82) is 0 Å². The van der Waals surface area contributed by atoms with Gasteiger partial charge in [-0.2, -0.15) is 0 Å². The number of methoxy groups -OCH3 is 1. The second-order valence-electron chi connectivity index (χ2n) is 5.61. The van der Waals surface area contributed by atoms with Crippen molar-refractivity contribution in [2.24, 2.45) is 5.73 Å². The maximum Gasteiger partial charge on any atom is 0.122 e. The van der Waals surface area contributed by atoms with E-state index in [9.17, 15) is 5.11 Å². The van der Waals surface area contributed by atoms with Crippen molar-refractivity contribution in [2.75, 3.05) is 7.11 Å². The van der Waals surface area contributed by atoms with Crippen molar-refractivity contribution in [1.82, 2.24) is 0 Å². The van der Waals surface area contributed by atoms with Crippen LogP contribution in [0.2, 0.25) is 0 Å². The summed E-state index contributed by atoms with van der Waals surface area (Å²) in [5.74, 6) is 1.11. The molecule has 0 radical (unpaired) electrons. The second-order valence-corrected chi connectivity index (χ2v) is 5.61. The van der Waals surface area contributed by atoms with Crippen LogP contribution in [0.1, 0.15) is 38.8 Å². The van der Waals surface area contributed by atoms with Crippen LogP contribution in [0, 0.1) is 0 Å². The van der Waals surface area contributed by atoms with E-state index in [0.717, 1.165) is 16.9 Å². The van der Waals surface area contributed by atoms with Crippen molar-refractivity contribution >= 4 is 0 Å². The number of hydrogen-bond acceptors (Lipinski definition) is 3. The summed E-state index contributed by atoms with van der Waals surface area (Å²) in [5, 5.41) is 10.1. The van der Waals surface area contributed by atoms with Gasteiger partial charge in [0.25, 0.3) is 0 Å². The lowest BCUT2D eigenvalue weighted by atomic mass is 9.85. The summed E-state index contributed by atoms with van der Waals surface area (Å²) in [6, 6.07) is 3.72. The highest BCUT2D eigenvalue weighted by Gasteiger charge is 2.21. The third kappa shape index (κ3) is 3.37. The number of nitrogens with two attached hydrogens (primary N) is 1. The minimum absolute atomic E-state index is 0.0452. The minimum atomic E-state index is -0.107. The van der Waals surface area contributed by atoms with Gasteiger partial charge in [-0.25, -0.2) is 0 Å². The van der Waals surface area contributed by atoms with Crippen LogP contribution in [0.4, 0.5) is 0 Å². The van der Waals surface area contributed by atoms with Crippen LogP contribution in [-0.2, 0) is 11.8 Å². The smallest absolute Gasteiger partial charge is 0.122 e. The van der Waals surface area contributed by atoms with Gasteiger partial charge in [-0.3, -0.25) is 0 Å². The van der Waals surface area contributed by atoms with E-state index in [1.807, 2.05) is 13.0 Å². The van der Waals surface area contributed by atoms with E-state index >= 15 is 0 Å². The molecule has 1 aromatic carbocycles. The molecule has 3 heteroatoms. The normalized spacial score (nSPS) is 13.5. The van der Waals surface area contributed by atoms with E-state index in [0.29, 0.717) is 12.2 Å².